The van der Waals surface area contributed by atoms with Gasteiger partial charge in [0.15, 0.2) is 0 Å². The molecule has 1 atom stereocenters. The molecule has 0 aromatic heterocycles. The number of nitrogens with one attached hydrogen (secondary N) is 1. The van der Waals surface area contributed by atoms with Crippen molar-refractivity contribution in [3.8, 4) is 0 Å². The molecule has 140 valence electrons. The van der Waals surface area contributed by atoms with E-state index in [4.69, 9.17) is 9.84 Å². The number of nitrogens with zero attached hydrogens (tertiary/aromatic N) is 1. The lowest BCUT2D eigenvalue weighted by molar-refractivity contribution is -0.142. The maximum atomic E-state index is 12.0. The van der Waals surface area contributed by atoms with Crippen LogP contribution in [0, 0.1) is 0 Å². The van der Waals surface area contributed by atoms with E-state index in [0.717, 1.165) is 17.5 Å². The van der Waals surface area contributed by atoms with E-state index in [1.54, 1.807) is 4.90 Å². The number of hydrogen-bond donors (Lipinski definition) is 2. The van der Waals surface area contributed by atoms with Gasteiger partial charge in [0.2, 0.25) is 5.91 Å². The minimum atomic E-state index is -0.848. The van der Waals surface area contributed by atoms with Gasteiger partial charge in [-0.3, -0.25) is 14.5 Å². The van der Waals surface area contributed by atoms with Crippen molar-refractivity contribution in [3.63, 3.8) is 0 Å². The number of benzene rings is 1. The van der Waals surface area contributed by atoms with Crippen LogP contribution in [0.2, 0.25) is 0 Å². The van der Waals surface area contributed by atoms with Crippen LogP contribution in [0.3, 0.4) is 0 Å². The Hall–Kier alpha value is -1.63. The fourth-order valence-electron chi connectivity index (χ4n) is 2.75. The number of carboxylic acids is 1. The van der Waals surface area contributed by atoms with Crippen molar-refractivity contribution in [2.24, 2.45) is 0 Å². The Morgan fingerprint density at radius 1 is 1.28 bits per heavy atom. The third kappa shape index (κ3) is 7.02. The summed E-state index contributed by atoms with van der Waals surface area (Å²) in [5.41, 5.74) is 2.10. The third-order valence-electron chi connectivity index (χ3n) is 4.09. The Kier molecular flexibility index (Phi) is 8.89. The van der Waals surface area contributed by atoms with Gasteiger partial charge in [-0.2, -0.15) is 0 Å². The highest BCUT2D eigenvalue weighted by molar-refractivity contribution is 5.85. The zero-order valence-corrected chi connectivity index (χ0v) is 15.6. The minimum Gasteiger partial charge on any atom is -0.480 e. The van der Waals surface area contributed by atoms with Gasteiger partial charge in [-0.25, -0.2) is 0 Å². The largest absolute Gasteiger partial charge is 0.480 e. The second kappa shape index (κ2) is 10.4. The van der Waals surface area contributed by atoms with Crippen molar-refractivity contribution in [3.05, 3.63) is 35.4 Å². The highest BCUT2D eigenvalue weighted by Crippen LogP contribution is 2.16. The number of carboxylic acid groups (broad SMARTS) is 1. The van der Waals surface area contributed by atoms with E-state index in [9.17, 15) is 9.59 Å². The monoisotopic (exact) mass is 370 g/mol. The Labute approximate surface area is 154 Å². The fourth-order valence-corrected chi connectivity index (χ4v) is 2.75. The van der Waals surface area contributed by atoms with E-state index < -0.39 is 12.0 Å². The molecule has 25 heavy (non-hydrogen) atoms. The molecule has 7 heteroatoms. The molecular formula is C18H27ClN2O4. The number of carbonyl (C=O) groups is 2. The minimum absolute atomic E-state index is 0. The molecule has 1 heterocycles. The first kappa shape index (κ1) is 21.4. The second-order valence-electron chi connectivity index (χ2n) is 6.42. The highest BCUT2D eigenvalue weighted by atomic mass is 35.5. The topological polar surface area (TPSA) is 78.9 Å². The molecule has 0 bridgehead atoms. The summed E-state index contributed by atoms with van der Waals surface area (Å²) in [5.74, 6) is -0.991. The third-order valence-corrected chi connectivity index (χ3v) is 4.09. The molecule has 2 N–H and O–H groups in total. The SMILES string of the molecule is CC(C)OCc1ccc(CNC(=O)CN2CCC[C@@H]2C(=O)O)cc1.Cl. The molecule has 2 rings (SSSR count). The van der Waals surface area contributed by atoms with E-state index >= 15 is 0 Å². The van der Waals surface area contributed by atoms with Gasteiger partial charge in [0.25, 0.3) is 0 Å². The lowest BCUT2D eigenvalue weighted by Crippen LogP contribution is -2.42. The van der Waals surface area contributed by atoms with E-state index in [1.807, 2.05) is 38.1 Å². The highest BCUT2D eigenvalue weighted by Gasteiger charge is 2.31. The molecule has 1 aliphatic heterocycles. The molecule has 0 aliphatic carbocycles. The number of likely N-dealkylation sites (tertiary alicyclic amines) is 1. The standard InChI is InChI=1S/C18H26N2O4.ClH/c1-13(2)24-12-15-7-5-14(6-8-15)10-19-17(21)11-20-9-3-4-16(20)18(22)23;/h5-8,13,16H,3-4,9-12H2,1-2H3,(H,19,21)(H,22,23);1H/t16-;/m1./s1. The summed E-state index contributed by atoms with van der Waals surface area (Å²) in [6.45, 7) is 5.82. The first-order valence-corrected chi connectivity index (χ1v) is 8.38. The average molecular weight is 371 g/mol. The molecule has 0 radical (unpaired) electrons. The fraction of sp³-hybridized carbons (Fsp3) is 0.556. The molecule has 1 aromatic carbocycles. The van der Waals surface area contributed by atoms with Crippen molar-refractivity contribution in [1.29, 1.82) is 0 Å². The Morgan fingerprint density at radius 2 is 1.92 bits per heavy atom. The van der Waals surface area contributed by atoms with E-state index in [0.29, 0.717) is 26.1 Å². The molecule has 0 spiro atoms. The van der Waals surface area contributed by atoms with Crippen molar-refractivity contribution < 1.29 is 19.4 Å². The van der Waals surface area contributed by atoms with Crippen molar-refractivity contribution >= 4 is 24.3 Å². The normalized spacial score (nSPS) is 17.3. The Bertz CT molecular complexity index is 563. The van der Waals surface area contributed by atoms with Crippen molar-refractivity contribution in [2.45, 2.75) is 52.0 Å². The molecule has 1 fully saturated rings. The van der Waals surface area contributed by atoms with Gasteiger partial charge in [-0.1, -0.05) is 24.3 Å². The quantitative estimate of drug-likeness (QED) is 0.733. The molecule has 1 aromatic rings. The smallest absolute Gasteiger partial charge is 0.320 e. The number of ether oxygens (including phenoxy) is 1. The Balaban J connectivity index is 0.00000312. The molecular weight excluding hydrogens is 344 g/mol. The maximum absolute atomic E-state index is 12.0. The van der Waals surface area contributed by atoms with Gasteiger partial charge in [0.05, 0.1) is 19.3 Å². The van der Waals surface area contributed by atoms with Gasteiger partial charge < -0.3 is 15.2 Å². The van der Waals surface area contributed by atoms with E-state index in [-0.39, 0.29) is 31.0 Å². The van der Waals surface area contributed by atoms with Gasteiger partial charge in [0, 0.05) is 6.54 Å². The summed E-state index contributed by atoms with van der Waals surface area (Å²) >= 11 is 0. The van der Waals surface area contributed by atoms with Gasteiger partial charge in [-0.15, -0.1) is 12.4 Å². The van der Waals surface area contributed by atoms with Crippen LogP contribution in [-0.4, -0.2) is 47.1 Å². The summed E-state index contributed by atoms with van der Waals surface area (Å²) in [6.07, 6.45) is 1.64. The Morgan fingerprint density at radius 3 is 2.52 bits per heavy atom. The number of hydrogen-bond acceptors (Lipinski definition) is 4. The van der Waals surface area contributed by atoms with Crippen LogP contribution < -0.4 is 5.32 Å². The summed E-state index contributed by atoms with van der Waals surface area (Å²) < 4.78 is 5.55. The number of carbonyl (C=O) groups excluding carboxylic acids is 1. The van der Waals surface area contributed by atoms with Crippen LogP contribution in [-0.2, 0) is 27.5 Å². The molecule has 1 saturated heterocycles. The predicted molar refractivity (Wildman–Crippen MR) is 97.7 cm³/mol. The van der Waals surface area contributed by atoms with Crippen LogP contribution in [0.25, 0.3) is 0 Å². The lowest BCUT2D eigenvalue weighted by Gasteiger charge is -2.20. The zero-order chi connectivity index (χ0) is 17.5. The number of amides is 1. The first-order chi connectivity index (χ1) is 11.5. The van der Waals surface area contributed by atoms with E-state index in [1.165, 1.54) is 0 Å². The van der Waals surface area contributed by atoms with Crippen LogP contribution >= 0.6 is 12.4 Å². The van der Waals surface area contributed by atoms with Crippen LogP contribution in [0.5, 0.6) is 0 Å². The zero-order valence-electron chi connectivity index (χ0n) is 14.7. The molecule has 0 unspecified atom stereocenters. The maximum Gasteiger partial charge on any atom is 0.320 e. The van der Waals surface area contributed by atoms with Crippen molar-refractivity contribution in [1.82, 2.24) is 10.2 Å². The van der Waals surface area contributed by atoms with Crippen LogP contribution in [0.1, 0.15) is 37.8 Å². The summed E-state index contributed by atoms with van der Waals surface area (Å²) in [6, 6.07) is 7.39. The number of rotatable bonds is 8. The molecule has 0 saturated carbocycles. The summed E-state index contributed by atoms with van der Waals surface area (Å²) in [4.78, 5) is 24.9. The lowest BCUT2D eigenvalue weighted by atomic mass is 10.1. The van der Waals surface area contributed by atoms with Crippen LogP contribution in [0.15, 0.2) is 24.3 Å². The van der Waals surface area contributed by atoms with Crippen molar-refractivity contribution in [2.75, 3.05) is 13.1 Å². The average Bonchev–Trinajstić information content (AvgIpc) is 3.00. The second-order valence-corrected chi connectivity index (χ2v) is 6.42. The van der Waals surface area contributed by atoms with Crippen LogP contribution in [0.4, 0.5) is 0 Å². The summed E-state index contributed by atoms with van der Waals surface area (Å²) in [5, 5.41) is 12.0. The van der Waals surface area contributed by atoms with E-state index in [2.05, 4.69) is 5.32 Å². The van der Waals surface area contributed by atoms with Gasteiger partial charge >= 0.3 is 5.97 Å². The first-order valence-electron chi connectivity index (χ1n) is 8.38. The molecule has 1 aliphatic rings. The predicted octanol–water partition coefficient (Wildman–Crippen LogP) is 2.20. The molecule has 6 nitrogen and oxygen atoms in total. The number of halogens is 1. The number of aliphatic carboxylic acids is 1. The summed E-state index contributed by atoms with van der Waals surface area (Å²) in [7, 11) is 0. The van der Waals surface area contributed by atoms with Gasteiger partial charge in [-0.05, 0) is 44.4 Å². The van der Waals surface area contributed by atoms with Gasteiger partial charge in [0.1, 0.15) is 6.04 Å². The molecule has 1 amide bonds.